The lowest BCUT2D eigenvalue weighted by molar-refractivity contribution is -0.142. The summed E-state index contributed by atoms with van der Waals surface area (Å²) in [6, 6.07) is 2.17. The van der Waals surface area contributed by atoms with Crippen molar-refractivity contribution in [3.63, 3.8) is 0 Å². The molecule has 5 aromatic carbocycles. The Morgan fingerprint density at radius 3 is 1.09 bits per heavy atom. The Morgan fingerprint density at radius 1 is 0.356 bits per heavy atom. The number of aliphatic hydroxyl groups is 2. The number of nitrogens with one attached hydrogen (secondary N) is 23. The van der Waals surface area contributed by atoms with Gasteiger partial charge in [0.2, 0.25) is 82.6 Å². The molecular formula is C95H131F5N30O19. The molecule has 810 valence electrons. The molecule has 0 bridgehead atoms. The van der Waals surface area contributed by atoms with Gasteiger partial charge in [-0.2, -0.15) is 0 Å². The summed E-state index contributed by atoms with van der Waals surface area (Å²) in [6.07, 6.45) is -2.49. The van der Waals surface area contributed by atoms with Crippen molar-refractivity contribution in [1.29, 1.82) is 27.0 Å². The number of phenols is 1. The third-order valence-corrected chi connectivity index (χ3v) is 24.1. The molecule has 0 unspecified atom stereocenters. The van der Waals surface area contributed by atoms with E-state index in [1.165, 1.54) is 54.7 Å². The maximum Gasteiger partial charge on any atom is 0.326 e. The molecule has 41 N–H and O–H groups in total. The first-order valence-corrected chi connectivity index (χ1v) is 47.9. The van der Waals surface area contributed by atoms with Crippen LogP contribution in [0.4, 0.5) is 22.0 Å². The van der Waals surface area contributed by atoms with Crippen LogP contribution in [0.25, 0.3) is 10.9 Å². The van der Waals surface area contributed by atoms with Gasteiger partial charge in [-0.15, -0.1) is 0 Å². The molecule has 13 amide bonds. The van der Waals surface area contributed by atoms with Crippen LogP contribution in [-0.2, 0) is 92.8 Å². The number of amides is 13. The van der Waals surface area contributed by atoms with Gasteiger partial charge in [-0.25, -0.2) is 26.7 Å². The van der Waals surface area contributed by atoms with Crippen molar-refractivity contribution in [2.75, 3.05) is 45.9 Å². The Hall–Kier alpha value is -16.4. The van der Waals surface area contributed by atoms with E-state index in [-0.39, 0.29) is 120 Å². The molecule has 1 saturated carbocycles. The van der Waals surface area contributed by atoms with Crippen LogP contribution in [0.2, 0.25) is 0 Å². The lowest BCUT2D eigenvalue weighted by atomic mass is 9.84. The third kappa shape index (κ3) is 39.8. The summed E-state index contributed by atoms with van der Waals surface area (Å²) in [7, 11) is 0. The fourth-order valence-corrected chi connectivity index (χ4v) is 16.1. The standard InChI is InChI=1S/C95H131F5N30O19/c96-72-56(73(97)75(99)76(100)74(72)98)44-68(128-89(147)70(47-132)130-86(144)67(43-53-45-118-58-19-8-7-18-55(53)58)127-88(146)69(46-131)129-85(143)65(125-78(136)57(101)40-49-27-31-54(133)32-28-49)42-50-25-29-52(30-26-50)77(135)51-16-5-2-6-17-51)87(145)126-66(41-48-14-3-1-4-15-48)84(142)122-61(22-11-37-115-93(107)108)80(138)119-59(20-9-35-113-91(103)104)79(137)120-60(21-10-36-114-92(105)106)81(139)123-63(33-34-71(102)134)83(141)121-62(23-12-38-116-94(109)110)82(140)124-64(90(148)149)24-13-39-117-95(111)112/h2,5-8,16-19,25-32,45,48,57,59-70,118,131-133H,1,3-4,9-15,20-24,33-44,46-47,101H2,(H2,102,134)(H,119,138)(H,120,137)(H,121,141)(H,122,142)(H,123,139)(H,124,140)(H,125,136)(H,126,145)(H,127,146)(H,128,147)(H,129,143)(H,130,144)(H,148,149)(H4,103,104,113)(H4,105,106,114)(H4,107,108,115)(H4,109,110,116)(H4,111,112,117)/t57-,59-,60-,61-,62-,63-,64-,65-,66-,67-,68-,69-,70-/m1/s1. The maximum atomic E-state index is 16.1. The highest BCUT2D eigenvalue weighted by Gasteiger charge is 2.41. The van der Waals surface area contributed by atoms with Gasteiger partial charge in [-0.3, -0.25) is 94.2 Å². The summed E-state index contributed by atoms with van der Waals surface area (Å²) < 4.78 is 77.9. The van der Waals surface area contributed by atoms with Crippen molar-refractivity contribution < 1.29 is 114 Å². The van der Waals surface area contributed by atoms with E-state index in [0.717, 1.165) is 0 Å². The molecule has 0 aliphatic heterocycles. The number of carbonyl (C=O) groups is 15. The monoisotopic (exact) mass is 2090 g/mol. The van der Waals surface area contributed by atoms with E-state index in [0.29, 0.717) is 59.7 Å². The summed E-state index contributed by atoms with van der Waals surface area (Å²) in [5.41, 5.74) is 39.9. The van der Waals surface area contributed by atoms with E-state index in [1.807, 2.05) is 0 Å². The van der Waals surface area contributed by atoms with Gasteiger partial charge >= 0.3 is 5.97 Å². The highest BCUT2D eigenvalue weighted by Crippen LogP contribution is 2.30. The number of guanidine groups is 5. The molecule has 1 aliphatic rings. The van der Waals surface area contributed by atoms with Crippen molar-refractivity contribution in [3.05, 3.63) is 172 Å². The van der Waals surface area contributed by atoms with Crippen molar-refractivity contribution in [2.24, 2.45) is 46.1 Å². The molecular weight excluding hydrogens is 1960 g/mol. The normalized spacial score (nSPS) is 14.4. The Morgan fingerprint density at radius 2 is 0.678 bits per heavy atom. The maximum absolute atomic E-state index is 16.1. The van der Waals surface area contributed by atoms with Crippen LogP contribution in [0.5, 0.6) is 5.75 Å². The second-order valence-corrected chi connectivity index (χ2v) is 35.5. The van der Waals surface area contributed by atoms with E-state index in [4.69, 9.17) is 67.2 Å². The number of rotatable bonds is 62. The number of phenolic OH excluding ortho intramolecular Hbond substituents is 1. The minimum atomic E-state index is -2.66. The fourth-order valence-electron chi connectivity index (χ4n) is 16.1. The summed E-state index contributed by atoms with van der Waals surface area (Å²) >= 11 is 0. The number of fused-ring (bicyclic) bond motifs is 1. The number of H-pyrrole nitrogens is 1. The number of hydrogen-bond donors (Lipinski definition) is 34. The second-order valence-electron chi connectivity index (χ2n) is 35.5. The summed E-state index contributed by atoms with van der Waals surface area (Å²) in [4.78, 5) is 219. The summed E-state index contributed by atoms with van der Waals surface area (Å²) in [5, 5.41) is 122. The predicted octanol–water partition coefficient (Wildman–Crippen LogP) is -4.16. The van der Waals surface area contributed by atoms with E-state index in [9.17, 15) is 72.8 Å². The van der Waals surface area contributed by atoms with E-state index in [1.54, 1.807) is 54.6 Å². The van der Waals surface area contributed by atoms with E-state index in [2.05, 4.69) is 95.4 Å². The number of aromatic amines is 1. The molecule has 7 rings (SSSR count). The van der Waals surface area contributed by atoms with Gasteiger partial charge in [0, 0.05) is 92.2 Å². The van der Waals surface area contributed by atoms with Crippen LogP contribution < -0.4 is 131 Å². The van der Waals surface area contributed by atoms with Crippen molar-refractivity contribution in [2.45, 2.75) is 220 Å². The van der Waals surface area contributed by atoms with Crippen molar-refractivity contribution in [3.8, 4) is 5.75 Å². The molecule has 1 aliphatic carbocycles. The average Bonchev–Trinajstić information content (AvgIpc) is 1.37. The van der Waals surface area contributed by atoms with Crippen LogP contribution >= 0.6 is 0 Å². The predicted molar refractivity (Wildman–Crippen MR) is 532 cm³/mol. The molecule has 0 radical (unpaired) electrons. The van der Waals surface area contributed by atoms with Gasteiger partial charge in [0.25, 0.3) is 0 Å². The average molecular weight is 2090 g/mol. The zero-order valence-electron chi connectivity index (χ0n) is 81.3. The molecule has 0 saturated heterocycles. The Bertz CT molecular complexity index is 5670. The molecule has 13 atom stereocenters. The van der Waals surface area contributed by atoms with Gasteiger partial charge in [0.15, 0.2) is 58.8 Å². The number of aromatic hydroxyl groups is 1. The number of halogens is 5. The first kappa shape index (κ1) is 120. The van der Waals surface area contributed by atoms with Crippen LogP contribution in [0.1, 0.15) is 154 Å². The van der Waals surface area contributed by atoms with Gasteiger partial charge in [0.05, 0.1) is 19.3 Å². The molecule has 6 aromatic rings. The van der Waals surface area contributed by atoms with Crippen molar-refractivity contribution >= 4 is 129 Å². The Balaban J connectivity index is 1.20. The highest BCUT2D eigenvalue weighted by molar-refractivity contribution is 6.09. The topological polar surface area (TPSA) is 859 Å². The number of aliphatic hydroxyl groups excluding tert-OH is 2. The Kier molecular flexibility index (Phi) is 48.5. The second kappa shape index (κ2) is 60.5. The number of carboxylic acids is 1. The largest absolute Gasteiger partial charge is 0.508 e. The zero-order chi connectivity index (χ0) is 110. The van der Waals surface area contributed by atoms with Crippen LogP contribution in [-0.4, -0.2) is 268 Å². The fraction of sp³-hybridized carbons (Fsp3) is 0.453. The molecule has 149 heavy (non-hydrogen) atoms. The molecule has 54 heteroatoms. The van der Waals surface area contributed by atoms with E-state index < -0.39 is 290 Å². The lowest BCUT2D eigenvalue weighted by Crippen LogP contribution is -2.62. The summed E-state index contributed by atoms with van der Waals surface area (Å²) in [5.74, 6) is -33.8. The van der Waals surface area contributed by atoms with Gasteiger partial charge in [-0.05, 0) is 124 Å². The molecule has 0 spiro atoms. The SMILES string of the molecule is N=C(N)NCCC[C@@H](NC(=O)[C@@H](CCCNC(=N)N)NC(=O)[C@@H](CCC(N)=O)NC(=O)[C@@H](CCCNC(=N)N)NC(=O)[C@@H](CCCNC(=N)N)NC(=O)[C@@H](CCCNC(=N)N)NC(=O)[C@@H](CC1CCCCC1)NC(=O)[C@@H](Cc1c(F)c(F)c(F)c(F)c1F)NC(=O)[C@@H](CO)NC(=O)[C@@H](Cc1c[nH]c2ccccc12)NC(=O)[C@@H](CO)NC(=O)[C@@H](Cc1ccc(C(=O)c2ccccc2)cc1)NC(=O)[C@H](N)Cc1ccc(O)cc1)C(=O)O. The first-order chi connectivity index (χ1) is 70.8. The number of benzene rings is 5. The first-order valence-electron chi connectivity index (χ1n) is 47.9. The highest BCUT2D eigenvalue weighted by atomic mass is 19.2. The Labute approximate surface area is 851 Å². The number of ketones is 1. The zero-order valence-corrected chi connectivity index (χ0v) is 81.3. The molecule has 1 aromatic heterocycles. The lowest BCUT2D eigenvalue weighted by Gasteiger charge is -2.30. The third-order valence-electron chi connectivity index (χ3n) is 24.1. The smallest absolute Gasteiger partial charge is 0.326 e. The molecule has 1 fully saturated rings. The van der Waals surface area contributed by atoms with Crippen molar-refractivity contribution in [1.82, 2.24) is 95.4 Å². The number of para-hydroxylation sites is 1. The van der Waals surface area contributed by atoms with Gasteiger partial charge < -0.3 is 156 Å². The number of hydrogen-bond acceptors (Lipinski definition) is 24. The minimum absolute atomic E-state index is 0.0156. The number of nitrogens with two attached hydrogens (primary N) is 7. The number of carboxylic acid groups (broad SMARTS) is 1. The summed E-state index contributed by atoms with van der Waals surface area (Å²) in [6.45, 7) is -3.24. The van der Waals surface area contributed by atoms with Crippen LogP contribution in [0.3, 0.4) is 0 Å². The number of primary amides is 1. The van der Waals surface area contributed by atoms with Crippen LogP contribution in [0, 0.1) is 62.1 Å². The molecule has 49 nitrogen and oxygen atoms in total. The number of carbonyl (C=O) groups excluding carboxylic acids is 14. The van der Waals surface area contributed by atoms with E-state index >= 15 is 41.5 Å². The van der Waals surface area contributed by atoms with Crippen LogP contribution in [0.15, 0.2) is 109 Å². The number of aliphatic carboxylic acids is 1. The minimum Gasteiger partial charge on any atom is -0.508 e. The molecule has 1 heterocycles. The van der Waals surface area contributed by atoms with Gasteiger partial charge in [-0.1, -0.05) is 117 Å². The number of aromatic nitrogens is 1. The van der Waals surface area contributed by atoms with Gasteiger partial charge in [0.1, 0.15) is 78.3 Å². The quantitative estimate of drug-likeness (QED) is 0.00328.